The Morgan fingerprint density at radius 1 is 1.33 bits per heavy atom. The highest BCUT2D eigenvalue weighted by molar-refractivity contribution is 9.11. The van der Waals surface area contributed by atoms with E-state index in [1.807, 2.05) is 0 Å². The summed E-state index contributed by atoms with van der Waals surface area (Å²) in [5.41, 5.74) is 0. The molecule has 0 aromatic carbocycles. The van der Waals surface area contributed by atoms with Gasteiger partial charge in [-0.15, -0.1) is 0 Å². The van der Waals surface area contributed by atoms with Gasteiger partial charge in [0.15, 0.2) is 0 Å². The van der Waals surface area contributed by atoms with Crippen LogP contribution in [0.4, 0.5) is 8.78 Å². The van der Waals surface area contributed by atoms with E-state index in [9.17, 15) is 8.78 Å². The fourth-order valence-electron chi connectivity index (χ4n) is 0.216. The molecule has 9 heavy (non-hydrogen) atoms. The van der Waals surface area contributed by atoms with E-state index in [-0.39, 0.29) is 4.48 Å². The van der Waals surface area contributed by atoms with Gasteiger partial charge in [0.05, 0.1) is 0 Å². The van der Waals surface area contributed by atoms with Gasteiger partial charge in [0.1, 0.15) is 11.7 Å². The smallest absolute Gasteiger partial charge is 0.139 e. The first kappa shape index (κ1) is 8.56. The van der Waals surface area contributed by atoms with E-state index < -0.39 is 11.7 Å². The van der Waals surface area contributed by atoms with E-state index in [0.717, 1.165) is 0 Å². The van der Waals surface area contributed by atoms with Gasteiger partial charge in [0.2, 0.25) is 0 Å². The molecule has 0 amide bonds. The lowest BCUT2D eigenvalue weighted by molar-refractivity contribution is 0.632. The molecule has 0 atom stereocenters. The summed E-state index contributed by atoms with van der Waals surface area (Å²) in [6.07, 6.45) is 0.650. The minimum absolute atomic E-state index is 0.0151. The van der Waals surface area contributed by atoms with E-state index >= 15 is 0 Å². The Balaban J connectivity index is 4.17. The van der Waals surface area contributed by atoms with E-state index in [2.05, 4.69) is 29.1 Å². The van der Waals surface area contributed by atoms with Crippen molar-refractivity contribution < 1.29 is 8.78 Å². The molecular weight excluding hydrogens is 190 g/mol. The molecule has 0 aromatic heterocycles. The van der Waals surface area contributed by atoms with Crippen molar-refractivity contribution in [3.8, 4) is 0 Å². The standard InChI is InChI=1S/C6H5BrF2/c1-4(8)3-6(9)5(2)7/h3H,1-2H2/b6-3+. The topological polar surface area (TPSA) is 0 Å². The molecular formula is C6H5BrF2. The maximum atomic E-state index is 12.2. The van der Waals surface area contributed by atoms with Gasteiger partial charge >= 0.3 is 0 Å². The lowest BCUT2D eigenvalue weighted by atomic mass is 10.4. The van der Waals surface area contributed by atoms with Crippen LogP contribution in [0.5, 0.6) is 0 Å². The van der Waals surface area contributed by atoms with Gasteiger partial charge in [0.25, 0.3) is 0 Å². The zero-order chi connectivity index (χ0) is 7.44. The highest BCUT2D eigenvalue weighted by Gasteiger charge is 1.95. The molecule has 0 aromatic rings. The number of hydrogen-bond acceptors (Lipinski definition) is 0. The van der Waals surface area contributed by atoms with Crippen molar-refractivity contribution in [2.45, 2.75) is 0 Å². The van der Waals surface area contributed by atoms with Crippen LogP contribution >= 0.6 is 15.9 Å². The second-order valence-electron chi connectivity index (χ2n) is 1.34. The molecule has 0 unspecified atom stereocenters. The van der Waals surface area contributed by atoms with Crippen molar-refractivity contribution in [2.24, 2.45) is 0 Å². The third-order valence-corrected chi connectivity index (χ3v) is 0.921. The summed E-state index contributed by atoms with van der Waals surface area (Å²) in [5.74, 6) is -1.57. The van der Waals surface area contributed by atoms with Crippen LogP contribution in [0, 0.1) is 0 Å². The second-order valence-corrected chi connectivity index (χ2v) is 2.30. The summed E-state index contributed by atoms with van der Waals surface area (Å²) >= 11 is 2.72. The Morgan fingerprint density at radius 3 is 1.89 bits per heavy atom. The molecule has 0 aliphatic rings. The zero-order valence-electron chi connectivity index (χ0n) is 4.63. The summed E-state index contributed by atoms with van der Waals surface area (Å²) in [6.45, 7) is 6.01. The molecule has 0 saturated heterocycles. The molecule has 0 saturated carbocycles. The van der Waals surface area contributed by atoms with Crippen LogP contribution in [-0.4, -0.2) is 0 Å². The monoisotopic (exact) mass is 194 g/mol. The van der Waals surface area contributed by atoms with Crippen molar-refractivity contribution >= 4 is 15.9 Å². The Kier molecular flexibility index (Phi) is 3.39. The highest BCUT2D eigenvalue weighted by Crippen LogP contribution is 2.17. The van der Waals surface area contributed by atoms with Crippen molar-refractivity contribution in [3.63, 3.8) is 0 Å². The molecule has 0 N–H and O–H groups in total. The van der Waals surface area contributed by atoms with Crippen LogP contribution < -0.4 is 0 Å². The molecule has 0 rings (SSSR count). The first-order valence-electron chi connectivity index (χ1n) is 2.10. The maximum absolute atomic E-state index is 12.2. The predicted octanol–water partition coefficient (Wildman–Crippen LogP) is 3.23. The predicted molar refractivity (Wildman–Crippen MR) is 37.5 cm³/mol. The Bertz CT molecular complexity index is 170. The average Bonchev–Trinajstić information content (AvgIpc) is 1.63. The lowest BCUT2D eigenvalue weighted by Gasteiger charge is -1.87. The van der Waals surface area contributed by atoms with Crippen molar-refractivity contribution in [2.75, 3.05) is 0 Å². The summed E-state index contributed by atoms with van der Waals surface area (Å²) in [4.78, 5) is 0. The van der Waals surface area contributed by atoms with Gasteiger partial charge in [0, 0.05) is 10.6 Å². The summed E-state index contributed by atoms with van der Waals surface area (Å²) in [6, 6.07) is 0. The molecule has 50 valence electrons. The van der Waals surface area contributed by atoms with Crippen molar-refractivity contribution in [3.05, 3.63) is 35.4 Å². The van der Waals surface area contributed by atoms with E-state index in [1.54, 1.807) is 0 Å². The third-order valence-electron chi connectivity index (χ3n) is 0.542. The number of allylic oxidation sites excluding steroid dienone is 4. The van der Waals surface area contributed by atoms with Crippen molar-refractivity contribution in [1.29, 1.82) is 0 Å². The number of halogens is 3. The van der Waals surface area contributed by atoms with Crippen LogP contribution in [0.15, 0.2) is 35.4 Å². The molecule has 0 radical (unpaired) electrons. The maximum Gasteiger partial charge on any atom is 0.139 e. The summed E-state index contributed by atoms with van der Waals surface area (Å²) in [5, 5.41) is 0. The number of rotatable bonds is 2. The molecule has 0 spiro atoms. The molecule has 0 aliphatic heterocycles. The molecule has 0 aliphatic carbocycles. The molecule has 3 heteroatoms. The largest absolute Gasteiger partial charge is 0.208 e. The van der Waals surface area contributed by atoms with Gasteiger partial charge in [-0.1, -0.05) is 13.2 Å². The third kappa shape index (κ3) is 4.09. The summed E-state index contributed by atoms with van der Waals surface area (Å²) in [7, 11) is 0. The first-order chi connectivity index (χ1) is 4.04. The van der Waals surface area contributed by atoms with Gasteiger partial charge in [-0.05, 0) is 15.9 Å². The number of hydrogen-bond donors (Lipinski definition) is 0. The van der Waals surface area contributed by atoms with Crippen LogP contribution in [0.25, 0.3) is 0 Å². The molecule has 0 nitrogen and oxygen atoms in total. The molecule has 0 bridgehead atoms. The second kappa shape index (κ2) is 3.56. The summed E-state index contributed by atoms with van der Waals surface area (Å²) < 4.78 is 23.9. The van der Waals surface area contributed by atoms with Crippen LogP contribution in [0.3, 0.4) is 0 Å². The zero-order valence-corrected chi connectivity index (χ0v) is 6.21. The van der Waals surface area contributed by atoms with E-state index in [4.69, 9.17) is 0 Å². The minimum atomic E-state index is -0.826. The SMILES string of the molecule is C=C(F)/C=C(/F)C(=C)Br. The van der Waals surface area contributed by atoms with Gasteiger partial charge < -0.3 is 0 Å². The normalized spacial score (nSPS) is 11.2. The molecule has 0 fully saturated rings. The van der Waals surface area contributed by atoms with Gasteiger partial charge in [-0.25, -0.2) is 8.78 Å². The average molecular weight is 195 g/mol. The van der Waals surface area contributed by atoms with Gasteiger partial charge in [-0.3, -0.25) is 0 Å². The Hall–Kier alpha value is -0.440. The van der Waals surface area contributed by atoms with E-state index in [0.29, 0.717) is 6.08 Å². The Labute approximate surface area is 60.7 Å². The Morgan fingerprint density at radius 2 is 1.78 bits per heavy atom. The van der Waals surface area contributed by atoms with Crippen LogP contribution in [0.1, 0.15) is 0 Å². The first-order valence-corrected chi connectivity index (χ1v) is 2.89. The lowest BCUT2D eigenvalue weighted by Crippen LogP contribution is -1.69. The minimum Gasteiger partial charge on any atom is -0.208 e. The fraction of sp³-hybridized carbons (Fsp3) is 0. The highest BCUT2D eigenvalue weighted by atomic mass is 79.9. The van der Waals surface area contributed by atoms with Gasteiger partial charge in [-0.2, -0.15) is 0 Å². The molecule has 0 heterocycles. The van der Waals surface area contributed by atoms with Crippen molar-refractivity contribution in [1.82, 2.24) is 0 Å². The van der Waals surface area contributed by atoms with E-state index in [1.165, 1.54) is 0 Å². The fourth-order valence-corrected chi connectivity index (χ4v) is 0.330. The van der Waals surface area contributed by atoms with Crippen LogP contribution in [0.2, 0.25) is 0 Å². The quantitative estimate of drug-likeness (QED) is 0.593. The van der Waals surface area contributed by atoms with Crippen LogP contribution in [-0.2, 0) is 0 Å².